The molecule has 6 nitrogen and oxygen atoms in total. The van der Waals surface area contributed by atoms with Crippen LogP contribution in [0.25, 0.3) is 45.0 Å². The number of aliphatic imine (C=N–C) groups is 1. The molecular weight excluding hydrogens is 468 g/mol. The molecule has 5 aromatic rings. The Balaban J connectivity index is 1.37. The van der Waals surface area contributed by atoms with Crippen molar-refractivity contribution in [2.24, 2.45) is 10.7 Å². The number of nitrogens with zero attached hydrogens (tertiary/aromatic N) is 4. The molecule has 5 rings (SSSR count). The summed E-state index contributed by atoms with van der Waals surface area (Å²) in [7, 11) is 0. The second-order valence-electron chi connectivity index (χ2n) is 8.83. The highest BCUT2D eigenvalue weighted by atomic mass is 14.9. The van der Waals surface area contributed by atoms with E-state index in [1.807, 2.05) is 42.6 Å². The summed E-state index contributed by atoms with van der Waals surface area (Å²) in [5.74, 6) is 0. The van der Waals surface area contributed by atoms with Gasteiger partial charge in [-0.05, 0) is 64.2 Å². The van der Waals surface area contributed by atoms with E-state index in [2.05, 4.69) is 80.9 Å². The van der Waals surface area contributed by atoms with Crippen molar-refractivity contribution in [3.63, 3.8) is 0 Å². The highest BCUT2D eigenvalue weighted by Crippen LogP contribution is 2.30. The van der Waals surface area contributed by atoms with Crippen LogP contribution in [0.3, 0.4) is 0 Å². The normalized spacial score (nSPS) is 11.2. The van der Waals surface area contributed by atoms with E-state index in [0.717, 1.165) is 70.2 Å². The lowest BCUT2D eigenvalue weighted by Gasteiger charge is -2.10. The second kappa shape index (κ2) is 12.6. The van der Waals surface area contributed by atoms with Crippen molar-refractivity contribution < 1.29 is 0 Å². The maximum atomic E-state index is 5.48. The molecule has 3 N–H and O–H groups in total. The molecular formula is C32H30N6. The van der Waals surface area contributed by atoms with Gasteiger partial charge in [-0.15, -0.1) is 0 Å². The minimum Gasteiger partial charge on any atom is -0.329 e. The molecule has 6 heteroatoms. The topological polar surface area (TPSA) is 89.1 Å². The maximum absolute atomic E-state index is 5.48. The molecule has 0 aliphatic carbocycles. The first-order valence-electron chi connectivity index (χ1n) is 12.8. The second-order valence-corrected chi connectivity index (χ2v) is 8.83. The van der Waals surface area contributed by atoms with E-state index < -0.39 is 0 Å². The summed E-state index contributed by atoms with van der Waals surface area (Å²) in [6.45, 7) is 3.04. The van der Waals surface area contributed by atoms with Crippen LogP contribution < -0.4 is 11.1 Å². The summed E-state index contributed by atoms with van der Waals surface area (Å²) in [6, 6.07) is 33.0. The SMILES string of the molecule is NCCNCCN=Cc1ccc(-c2ccc(-c3cc(-c4ccccn4)nc(-c4ccccn4)c3)cc2)cc1. The number of hydrogen-bond acceptors (Lipinski definition) is 6. The molecule has 0 radical (unpaired) electrons. The lowest BCUT2D eigenvalue weighted by molar-refractivity contribution is 0.697. The number of hydrogen-bond donors (Lipinski definition) is 2. The molecule has 0 saturated heterocycles. The van der Waals surface area contributed by atoms with Crippen LogP contribution in [-0.2, 0) is 0 Å². The highest BCUT2D eigenvalue weighted by molar-refractivity contribution is 5.81. The Morgan fingerprint density at radius 2 is 1.18 bits per heavy atom. The molecule has 3 heterocycles. The third-order valence-corrected chi connectivity index (χ3v) is 6.12. The Morgan fingerprint density at radius 1 is 0.632 bits per heavy atom. The summed E-state index contributed by atoms with van der Waals surface area (Å²) in [5.41, 5.74) is 14.4. The number of aromatic nitrogens is 3. The quantitative estimate of drug-likeness (QED) is 0.196. The lowest BCUT2D eigenvalue weighted by atomic mass is 9.98. The van der Waals surface area contributed by atoms with Gasteiger partial charge in [-0.3, -0.25) is 15.0 Å². The first kappa shape index (κ1) is 25.1. The molecule has 0 unspecified atom stereocenters. The van der Waals surface area contributed by atoms with Gasteiger partial charge in [0.25, 0.3) is 0 Å². The van der Waals surface area contributed by atoms with E-state index >= 15 is 0 Å². The van der Waals surface area contributed by atoms with E-state index in [4.69, 9.17) is 10.7 Å². The van der Waals surface area contributed by atoms with Gasteiger partial charge < -0.3 is 11.1 Å². The summed E-state index contributed by atoms with van der Waals surface area (Å²) in [5, 5.41) is 3.24. The monoisotopic (exact) mass is 498 g/mol. The molecule has 0 amide bonds. The van der Waals surface area contributed by atoms with Crippen molar-refractivity contribution in [2.75, 3.05) is 26.2 Å². The van der Waals surface area contributed by atoms with Crippen LogP contribution in [0.15, 0.2) is 114 Å². The number of nitrogens with two attached hydrogens (primary N) is 1. The standard InChI is InChI=1S/C32H30N6/c33-15-18-34-19-20-35-23-24-7-9-25(10-8-24)26-11-13-27(14-12-26)28-21-31(29-5-1-3-16-36-29)38-32(22-28)30-6-2-4-17-37-30/h1-14,16-17,21-23,34H,15,18-20,33H2. The summed E-state index contributed by atoms with van der Waals surface area (Å²) < 4.78 is 0. The van der Waals surface area contributed by atoms with Crippen molar-refractivity contribution >= 4 is 6.21 Å². The van der Waals surface area contributed by atoms with Gasteiger partial charge >= 0.3 is 0 Å². The molecule has 0 aliphatic rings. The van der Waals surface area contributed by atoms with Gasteiger partial charge in [-0.2, -0.15) is 0 Å². The molecule has 0 atom stereocenters. The van der Waals surface area contributed by atoms with Crippen LogP contribution in [0, 0.1) is 0 Å². The van der Waals surface area contributed by atoms with Gasteiger partial charge in [0.1, 0.15) is 0 Å². The number of nitrogens with one attached hydrogen (secondary N) is 1. The predicted molar refractivity (Wildman–Crippen MR) is 156 cm³/mol. The molecule has 0 saturated carbocycles. The molecule has 0 fully saturated rings. The highest BCUT2D eigenvalue weighted by Gasteiger charge is 2.10. The van der Waals surface area contributed by atoms with Crippen LogP contribution in [0.5, 0.6) is 0 Å². The molecule has 0 bridgehead atoms. The zero-order chi connectivity index (χ0) is 26.0. The molecule has 38 heavy (non-hydrogen) atoms. The Labute approximate surface area is 223 Å². The van der Waals surface area contributed by atoms with Gasteiger partial charge in [-0.25, -0.2) is 4.98 Å². The average molecular weight is 499 g/mol. The Hall–Kier alpha value is -4.52. The van der Waals surface area contributed by atoms with Crippen molar-refractivity contribution in [3.05, 3.63) is 115 Å². The van der Waals surface area contributed by atoms with Crippen LogP contribution in [0.1, 0.15) is 5.56 Å². The van der Waals surface area contributed by atoms with Crippen LogP contribution in [-0.4, -0.2) is 47.3 Å². The van der Waals surface area contributed by atoms with Gasteiger partial charge in [0.05, 0.1) is 29.3 Å². The summed E-state index contributed by atoms with van der Waals surface area (Å²) in [6.07, 6.45) is 5.49. The van der Waals surface area contributed by atoms with Crippen molar-refractivity contribution in [1.29, 1.82) is 0 Å². The minimum atomic E-state index is 0.646. The van der Waals surface area contributed by atoms with Gasteiger partial charge in [-0.1, -0.05) is 60.7 Å². The first-order valence-corrected chi connectivity index (χ1v) is 12.8. The number of benzene rings is 2. The van der Waals surface area contributed by atoms with E-state index in [1.165, 1.54) is 0 Å². The van der Waals surface area contributed by atoms with Crippen LogP contribution in [0.4, 0.5) is 0 Å². The fourth-order valence-corrected chi connectivity index (χ4v) is 4.15. The van der Waals surface area contributed by atoms with Crippen molar-refractivity contribution in [1.82, 2.24) is 20.3 Å². The van der Waals surface area contributed by atoms with Crippen LogP contribution >= 0.6 is 0 Å². The molecule has 0 aliphatic heterocycles. The summed E-state index contributed by atoms with van der Waals surface area (Å²) in [4.78, 5) is 18.4. The predicted octanol–water partition coefficient (Wildman–Crippen LogP) is 5.51. The zero-order valence-electron chi connectivity index (χ0n) is 21.2. The Kier molecular flexibility index (Phi) is 8.36. The number of pyridine rings is 3. The van der Waals surface area contributed by atoms with Crippen LogP contribution in [0.2, 0.25) is 0 Å². The van der Waals surface area contributed by atoms with Gasteiger partial charge in [0, 0.05) is 38.2 Å². The fraction of sp³-hybridized carbons (Fsp3) is 0.125. The van der Waals surface area contributed by atoms with Gasteiger partial charge in [0.2, 0.25) is 0 Å². The van der Waals surface area contributed by atoms with E-state index in [1.54, 1.807) is 12.4 Å². The van der Waals surface area contributed by atoms with E-state index in [9.17, 15) is 0 Å². The van der Waals surface area contributed by atoms with Crippen molar-refractivity contribution in [3.8, 4) is 45.0 Å². The van der Waals surface area contributed by atoms with E-state index in [-0.39, 0.29) is 0 Å². The van der Waals surface area contributed by atoms with E-state index in [0.29, 0.717) is 6.54 Å². The smallest absolute Gasteiger partial charge is 0.0900 e. The molecule has 3 aromatic heterocycles. The Bertz CT molecular complexity index is 1410. The minimum absolute atomic E-state index is 0.646. The third-order valence-electron chi connectivity index (χ3n) is 6.12. The summed E-state index contributed by atoms with van der Waals surface area (Å²) >= 11 is 0. The molecule has 0 spiro atoms. The molecule has 2 aromatic carbocycles. The Morgan fingerprint density at radius 3 is 1.71 bits per heavy atom. The maximum Gasteiger partial charge on any atom is 0.0900 e. The average Bonchev–Trinajstić information content (AvgIpc) is 3.00. The zero-order valence-corrected chi connectivity index (χ0v) is 21.2. The lowest BCUT2D eigenvalue weighted by Crippen LogP contribution is -2.24. The number of rotatable bonds is 10. The largest absolute Gasteiger partial charge is 0.329 e. The van der Waals surface area contributed by atoms with Gasteiger partial charge in [0.15, 0.2) is 0 Å². The molecule has 188 valence electrons. The fourth-order valence-electron chi connectivity index (χ4n) is 4.15. The third kappa shape index (κ3) is 6.42. The first-order chi connectivity index (χ1) is 18.8. The van der Waals surface area contributed by atoms with Crippen molar-refractivity contribution in [2.45, 2.75) is 0 Å².